The van der Waals surface area contributed by atoms with Crippen LogP contribution >= 0.6 is 11.6 Å². The Labute approximate surface area is 148 Å². The topological polar surface area (TPSA) is 110 Å². The molecule has 0 aliphatic heterocycles. The summed E-state index contributed by atoms with van der Waals surface area (Å²) in [4.78, 5) is 34.3. The van der Waals surface area contributed by atoms with Gasteiger partial charge in [0, 0.05) is 10.6 Å². The van der Waals surface area contributed by atoms with Gasteiger partial charge in [-0.15, -0.1) is 0 Å². The highest BCUT2D eigenvalue weighted by molar-refractivity contribution is 6.30. The number of nitro groups is 1. The molecule has 130 valence electrons. The first kappa shape index (κ1) is 18.4. The van der Waals surface area contributed by atoms with Gasteiger partial charge in [0.25, 0.3) is 11.6 Å². The highest BCUT2D eigenvalue weighted by Gasteiger charge is 2.25. The smallest absolute Gasteiger partial charge is 0.305 e. The number of aliphatic carboxylic acids is 1. The predicted octanol–water partition coefficient (Wildman–Crippen LogP) is 3.50. The Bertz CT molecular complexity index is 838. The third-order valence-corrected chi connectivity index (χ3v) is 3.84. The molecule has 7 nitrogen and oxygen atoms in total. The second kappa shape index (κ2) is 7.76. The molecule has 0 radical (unpaired) electrons. The molecule has 0 aliphatic rings. The van der Waals surface area contributed by atoms with Crippen molar-refractivity contribution in [3.05, 3.63) is 74.3 Å². The first-order chi connectivity index (χ1) is 11.8. The number of carboxylic acids is 1. The molecule has 0 spiro atoms. The number of amides is 1. The number of carboxylic acid groups (broad SMARTS) is 1. The van der Waals surface area contributed by atoms with E-state index in [1.807, 2.05) is 0 Å². The van der Waals surface area contributed by atoms with E-state index in [-0.39, 0.29) is 17.7 Å². The maximum Gasteiger partial charge on any atom is 0.305 e. The molecule has 0 bridgehead atoms. The van der Waals surface area contributed by atoms with Gasteiger partial charge in [0.15, 0.2) is 0 Å². The summed E-state index contributed by atoms with van der Waals surface area (Å²) in [5.41, 5.74) is 0.413. The summed E-state index contributed by atoms with van der Waals surface area (Å²) in [7, 11) is 0. The molecule has 2 aromatic rings. The number of rotatable bonds is 6. The van der Waals surface area contributed by atoms with E-state index in [9.17, 15) is 19.7 Å². The van der Waals surface area contributed by atoms with Crippen molar-refractivity contribution in [1.82, 2.24) is 5.32 Å². The number of nitrogens with zero attached hydrogens (tertiary/aromatic N) is 1. The van der Waals surface area contributed by atoms with Gasteiger partial charge >= 0.3 is 5.97 Å². The molecule has 1 atom stereocenters. The zero-order valence-corrected chi connectivity index (χ0v) is 14.0. The SMILES string of the molecule is Cc1cccc(C(=O)NC(CC(=O)O)c2cccc(Cl)c2)c1[N+](=O)[O-]. The quantitative estimate of drug-likeness (QED) is 0.603. The van der Waals surface area contributed by atoms with Crippen LogP contribution in [-0.2, 0) is 4.79 Å². The summed E-state index contributed by atoms with van der Waals surface area (Å²) in [5, 5.41) is 23.3. The van der Waals surface area contributed by atoms with Crippen molar-refractivity contribution in [2.75, 3.05) is 0 Å². The number of carbonyl (C=O) groups is 2. The van der Waals surface area contributed by atoms with Gasteiger partial charge < -0.3 is 10.4 Å². The largest absolute Gasteiger partial charge is 0.481 e. The lowest BCUT2D eigenvalue weighted by atomic mass is 10.0. The lowest BCUT2D eigenvalue weighted by molar-refractivity contribution is -0.385. The summed E-state index contributed by atoms with van der Waals surface area (Å²) in [6.45, 7) is 1.53. The van der Waals surface area contributed by atoms with Crippen molar-refractivity contribution in [3.8, 4) is 0 Å². The van der Waals surface area contributed by atoms with Crippen LogP contribution in [0.3, 0.4) is 0 Å². The minimum atomic E-state index is -1.12. The highest BCUT2D eigenvalue weighted by atomic mass is 35.5. The Morgan fingerprint density at radius 3 is 2.56 bits per heavy atom. The van der Waals surface area contributed by atoms with Gasteiger partial charge in [-0.1, -0.05) is 35.9 Å². The number of aryl methyl sites for hydroxylation is 1. The maximum absolute atomic E-state index is 12.5. The molecule has 0 heterocycles. The monoisotopic (exact) mass is 362 g/mol. The van der Waals surface area contributed by atoms with Crippen LogP contribution in [0.1, 0.15) is 33.9 Å². The third-order valence-electron chi connectivity index (χ3n) is 3.60. The fraction of sp³-hybridized carbons (Fsp3) is 0.176. The summed E-state index contributed by atoms with van der Waals surface area (Å²) >= 11 is 5.92. The normalized spacial score (nSPS) is 11.6. The number of carbonyl (C=O) groups excluding carboxylic acids is 1. The van der Waals surface area contributed by atoms with Crippen LogP contribution in [0.2, 0.25) is 5.02 Å². The van der Waals surface area contributed by atoms with Crippen LogP contribution in [0, 0.1) is 17.0 Å². The number of nitro benzene ring substituents is 1. The third kappa shape index (κ3) is 4.54. The Morgan fingerprint density at radius 2 is 1.96 bits per heavy atom. The Balaban J connectivity index is 2.37. The maximum atomic E-state index is 12.5. The van der Waals surface area contributed by atoms with Gasteiger partial charge in [-0.25, -0.2) is 0 Å². The number of benzene rings is 2. The van der Waals surface area contributed by atoms with Crippen LogP contribution in [0.25, 0.3) is 0 Å². The van der Waals surface area contributed by atoms with Crippen molar-refractivity contribution in [2.24, 2.45) is 0 Å². The lowest BCUT2D eigenvalue weighted by Gasteiger charge is -2.18. The molecule has 25 heavy (non-hydrogen) atoms. The zero-order valence-electron chi connectivity index (χ0n) is 13.2. The standard InChI is InChI=1S/C17H15ClN2O5/c1-10-4-2-7-13(16(10)20(24)25)17(23)19-14(9-15(21)22)11-5-3-6-12(18)8-11/h2-8,14H,9H2,1H3,(H,19,23)(H,21,22). The molecule has 2 rings (SSSR count). The Morgan fingerprint density at radius 1 is 1.28 bits per heavy atom. The van der Waals surface area contributed by atoms with Gasteiger partial charge in [0.05, 0.1) is 17.4 Å². The summed E-state index contributed by atoms with van der Waals surface area (Å²) in [6, 6.07) is 9.94. The zero-order chi connectivity index (χ0) is 18.6. The fourth-order valence-corrected chi connectivity index (χ4v) is 2.67. The molecular weight excluding hydrogens is 348 g/mol. The Kier molecular flexibility index (Phi) is 5.71. The average molecular weight is 363 g/mol. The van der Waals surface area contributed by atoms with E-state index in [4.69, 9.17) is 16.7 Å². The van der Waals surface area contributed by atoms with E-state index in [1.165, 1.54) is 25.1 Å². The highest BCUT2D eigenvalue weighted by Crippen LogP contribution is 2.25. The minimum absolute atomic E-state index is 0.123. The van der Waals surface area contributed by atoms with Crippen LogP contribution < -0.4 is 5.32 Å². The average Bonchev–Trinajstić information content (AvgIpc) is 2.53. The van der Waals surface area contributed by atoms with Crippen molar-refractivity contribution in [2.45, 2.75) is 19.4 Å². The molecule has 0 saturated heterocycles. The molecule has 0 saturated carbocycles. The van der Waals surface area contributed by atoms with E-state index >= 15 is 0 Å². The first-order valence-electron chi connectivity index (χ1n) is 7.31. The van der Waals surface area contributed by atoms with E-state index in [1.54, 1.807) is 24.3 Å². The molecule has 0 fully saturated rings. The number of hydrogen-bond donors (Lipinski definition) is 2. The second-order valence-electron chi connectivity index (χ2n) is 5.41. The van der Waals surface area contributed by atoms with Gasteiger partial charge in [-0.3, -0.25) is 19.7 Å². The number of nitrogens with one attached hydrogen (secondary N) is 1. The second-order valence-corrected chi connectivity index (χ2v) is 5.84. The van der Waals surface area contributed by atoms with Crippen molar-refractivity contribution in [3.63, 3.8) is 0 Å². The number of halogens is 1. The molecule has 2 aromatic carbocycles. The van der Waals surface area contributed by atoms with E-state index in [0.717, 1.165) is 0 Å². The Hall–Kier alpha value is -2.93. The van der Waals surface area contributed by atoms with E-state index in [2.05, 4.69) is 5.32 Å². The van der Waals surface area contributed by atoms with Crippen LogP contribution in [-0.4, -0.2) is 21.9 Å². The van der Waals surface area contributed by atoms with Crippen LogP contribution in [0.4, 0.5) is 5.69 Å². The van der Waals surface area contributed by atoms with Gasteiger partial charge in [0.1, 0.15) is 5.56 Å². The van der Waals surface area contributed by atoms with Crippen molar-refractivity contribution in [1.29, 1.82) is 0 Å². The molecule has 0 aliphatic carbocycles. The van der Waals surface area contributed by atoms with Gasteiger partial charge in [-0.05, 0) is 30.7 Å². The summed E-state index contributed by atoms with van der Waals surface area (Å²) < 4.78 is 0. The molecule has 1 unspecified atom stereocenters. The molecule has 8 heteroatoms. The van der Waals surface area contributed by atoms with E-state index < -0.39 is 22.8 Å². The van der Waals surface area contributed by atoms with Crippen LogP contribution in [0.15, 0.2) is 42.5 Å². The van der Waals surface area contributed by atoms with Crippen LogP contribution in [0.5, 0.6) is 0 Å². The van der Waals surface area contributed by atoms with Crippen molar-refractivity contribution >= 4 is 29.2 Å². The summed E-state index contributed by atoms with van der Waals surface area (Å²) in [5.74, 6) is -1.84. The number of para-hydroxylation sites is 1. The molecular formula is C17H15ClN2O5. The summed E-state index contributed by atoms with van der Waals surface area (Å²) in [6.07, 6.45) is -0.383. The first-order valence-corrected chi connectivity index (χ1v) is 7.69. The molecule has 1 amide bonds. The van der Waals surface area contributed by atoms with Gasteiger partial charge in [0.2, 0.25) is 0 Å². The predicted molar refractivity (Wildman–Crippen MR) is 91.7 cm³/mol. The molecule has 0 aromatic heterocycles. The fourth-order valence-electron chi connectivity index (χ4n) is 2.47. The molecule has 2 N–H and O–H groups in total. The lowest BCUT2D eigenvalue weighted by Crippen LogP contribution is -2.30. The number of hydrogen-bond acceptors (Lipinski definition) is 4. The van der Waals surface area contributed by atoms with Crippen molar-refractivity contribution < 1.29 is 19.6 Å². The van der Waals surface area contributed by atoms with Gasteiger partial charge in [-0.2, -0.15) is 0 Å². The minimum Gasteiger partial charge on any atom is -0.481 e. The van der Waals surface area contributed by atoms with E-state index in [0.29, 0.717) is 16.1 Å².